The highest BCUT2D eigenvalue weighted by molar-refractivity contribution is 5.76. The van der Waals surface area contributed by atoms with E-state index in [1.54, 1.807) is 6.07 Å². The average Bonchev–Trinajstić information content (AvgIpc) is 2.70. The number of oxazole rings is 1. The van der Waals surface area contributed by atoms with E-state index < -0.39 is 11.6 Å². The number of aryl methyl sites for hydroxylation is 1. The van der Waals surface area contributed by atoms with Crippen molar-refractivity contribution in [2.24, 2.45) is 0 Å². The normalized spacial score (nSPS) is 11.1. The van der Waals surface area contributed by atoms with Crippen LogP contribution in [0.5, 0.6) is 0 Å². The molecule has 0 saturated heterocycles. The van der Waals surface area contributed by atoms with Gasteiger partial charge < -0.3 is 4.42 Å². The summed E-state index contributed by atoms with van der Waals surface area (Å²) in [5, 5.41) is 0. The SMILES string of the molecule is Cc1ccc2oc(-c3cc(F)cc(F)c3)nc2c1. The fourth-order valence-electron chi connectivity index (χ4n) is 1.84. The predicted molar refractivity (Wildman–Crippen MR) is 64.1 cm³/mol. The van der Waals surface area contributed by atoms with Gasteiger partial charge in [0.1, 0.15) is 17.2 Å². The molecule has 90 valence electrons. The second-order valence-electron chi connectivity index (χ2n) is 4.15. The van der Waals surface area contributed by atoms with Crippen LogP contribution in [0.15, 0.2) is 40.8 Å². The molecule has 0 fully saturated rings. The highest BCUT2D eigenvalue weighted by atomic mass is 19.1. The number of benzene rings is 2. The molecule has 3 rings (SSSR count). The molecule has 4 heteroatoms. The van der Waals surface area contributed by atoms with Gasteiger partial charge in [0, 0.05) is 11.6 Å². The lowest BCUT2D eigenvalue weighted by atomic mass is 10.2. The van der Waals surface area contributed by atoms with Gasteiger partial charge in [0.25, 0.3) is 0 Å². The quantitative estimate of drug-likeness (QED) is 0.645. The van der Waals surface area contributed by atoms with E-state index >= 15 is 0 Å². The molecule has 0 saturated carbocycles. The lowest BCUT2D eigenvalue weighted by molar-refractivity contribution is 0.578. The topological polar surface area (TPSA) is 26.0 Å². The summed E-state index contributed by atoms with van der Waals surface area (Å²) in [6, 6.07) is 8.75. The minimum Gasteiger partial charge on any atom is -0.436 e. The maximum absolute atomic E-state index is 13.1. The molecule has 0 aliphatic carbocycles. The molecule has 18 heavy (non-hydrogen) atoms. The van der Waals surface area contributed by atoms with Gasteiger partial charge in [0.05, 0.1) is 0 Å². The van der Waals surface area contributed by atoms with Gasteiger partial charge in [-0.15, -0.1) is 0 Å². The summed E-state index contributed by atoms with van der Waals surface area (Å²) in [5.74, 6) is -1.08. The molecule has 0 amide bonds. The van der Waals surface area contributed by atoms with Crippen LogP contribution in [0.25, 0.3) is 22.6 Å². The van der Waals surface area contributed by atoms with Crippen molar-refractivity contribution in [2.45, 2.75) is 6.92 Å². The predicted octanol–water partition coefficient (Wildman–Crippen LogP) is 4.08. The van der Waals surface area contributed by atoms with E-state index in [-0.39, 0.29) is 5.89 Å². The average molecular weight is 245 g/mol. The Balaban J connectivity index is 2.19. The number of rotatable bonds is 1. The molecule has 0 bridgehead atoms. The number of aromatic nitrogens is 1. The Bertz CT molecular complexity index is 713. The van der Waals surface area contributed by atoms with Crippen LogP contribution >= 0.6 is 0 Å². The third-order valence-corrected chi connectivity index (χ3v) is 2.65. The Morgan fingerprint density at radius 3 is 2.44 bits per heavy atom. The van der Waals surface area contributed by atoms with Crippen molar-refractivity contribution >= 4 is 11.1 Å². The van der Waals surface area contributed by atoms with Gasteiger partial charge in [-0.05, 0) is 36.8 Å². The first-order valence-corrected chi connectivity index (χ1v) is 5.45. The lowest BCUT2D eigenvalue weighted by Crippen LogP contribution is -1.83. The van der Waals surface area contributed by atoms with Crippen molar-refractivity contribution in [1.82, 2.24) is 4.98 Å². The molecule has 1 aromatic heterocycles. The van der Waals surface area contributed by atoms with Crippen LogP contribution in [0.1, 0.15) is 5.56 Å². The van der Waals surface area contributed by atoms with Crippen LogP contribution < -0.4 is 0 Å². The van der Waals surface area contributed by atoms with E-state index in [4.69, 9.17) is 4.42 Å². The van der Waals surface area contributed by atoms with Gasteiger partial charge in [-0.3, -0.25) is 0 Å². The van der Waals surface area contributed by atoms with Crippen LogP contribution in [0.3, 0.4) is 0 Å². The van der Waals surface area contributed by atoms with Crippen LogP contribution in [0.4, 0.5) is 8.78 Å². The summed E-state index contributed by atoms with van der Waals surface area (Å²) in [4.78, 5) is 4.23. The number of halogens is 2. The van der Waals surface area contributed by atoms with Gasteiger partial charge in [-0.25, -0.2) is 13.8 Å². The highest BCUT2D eigenvalue weighted by Crippen LogP contribution is 2.25. The molecule has 0 spiro atoms. The van der Waals surface area contributed by atoms with Gasteiger partial charge in [-0.1, -0.05) is 6.07 Å². The van der Waals surface area contributed by atoms with Gasteiger partial charge in [-0.2, -0.15) is 0 Å². The Morgan fingerprint density at radius 1 is 1.00 bits per heavy atom. The van der Waals surface area contributed by atoms with E-state index in [1.165, 1.54) is 12.1 Å². The van der Waals surface area contributed by atoms with Crippen molar-refractivity contribution in [3.63, 3.8) is 0 Å². The smallest absolute Gasteiger partial charge is 0.227 e. The molecule has 0 N–H and O–H groups in total. The zero-order valence-electron chi connectivity index (χ0n) is 9.58. The summed E-state index contributed by atoms with van der Waals surface area (Å²) in [6.45, 7) is 1.94. The van der Waals surface area contributed by atoms with Gasteiger partial charge in [0.15, 0.2) is 5.58 Å². The van der Waals surface area contributed by atoms with E-state index in [9.17, 15) is 8.78 Å². The molecule has 3 aromatic rings. The fourth-order valence-corrected chi connectivity index (χ4v) is 1.84. The van der Waals surface area contributed by atoms with E-state index in [0.717, 1.165) is 11.6 Å². The first kappa shape index (κ1) is 10.9. The van der Waals surface area contributed by atoms with Crippen LogP contribution in [0.2, 0.25) is 0 Å². The summed E-state index contributed by atoms with van der Waals surface area (Å²) in [7, 11) is 0. The Labute approximate surface area is 102 Å². The second-order valence-corrected chi connectivity index (χ2v) is 4.15. The zero-order chi connectivity index (χ0) is 12.7. The highest BCUT2D eigenvalue weighted by Gasteiger charge is 2.10. The molecule has 2 aromatic carbocycles. The summed E-state index contributed by atoms with van der Waals surface area (Å²) < 4.78 is 31.7. The Morgan fingerprint density at radius 2 is 1.72 bits per heavy atom. The molecule has 0 unspecified atom stereocenters. The van der Waals surface area contributed by atoms with Crippen molar-refractivity contribution < 1.29 is 13.2 Å². The first-order chi connectivity index (χ1) is 8.61. The third kappa shape index (κ3) is 1.86. The second kappa shape index (κ2) is 3.91. The number of hydrogen-bond donors (Lipinski definition) is 0. The maximum atomic E-state index is 13.1. The summed E-state index contributed by atoms with van der Waals surface area (Å²) >= 11 is 0. The molecule has 0 atom stereocenters. The molecular formula is C14H9F2NO. The minimum absolute atomic E-state index is 0.217. The third-order valence-electron chi connectivity index (χ3n) is 2.65. The minimum atomic E-state index is -0.650. The Hall–Kier alpha value is -2.23. The molecule has 0 aliphatic heterocycles. The van der Waals surface area contributed by atoms with Crippen molar-refractivity contribution in [1.29, 1.82) is 0 Å². The largest absolute Gasteiger partial charge is 0.436 e. The first-order valence-electron chi connectivity index (χ1n) is 5.45. The molecule has 2 nitrogen and oxygen atoms in total. The van der Waals surface area contributed by atoms with Crippen molar-refractivity contribution in [3.05, 3.63) is 53.6 Å². The molecule has 0 radical (unpaired) electrons. The van der Waals surface area contributed by atoms with E-state index in [0.29, 0.717) is 16.7 Å². The van der Waals surface area contributed by atoms with Crippen LogP contribution in [-0.2, 0) is 0 Å². The van der Waals surface area contributed by atoms with Gasteiger partial charge >= 0.3 is 0 Å². The number of hydrogen-bond acceptors (Lipinski definition) is 2. The zero-order valence-corrected chi connectivity index (χ0v) is 9.58. The molecule has 0 aliphatic rings. The Kier molecular flexibility index (Phi) is 2.37. The van der Waals surface area contributed by atoms with E-state index in [1.807, 2.05) is 19.1 Å². The molecule has 1 heterocycles. The standard InChI is InChI=1S/C14H9F2NO/c1-8-2-3-13-12(4-8)17-14(18-13)9-5-10(15)7-11(16)6-9/h2-7H,1H3. The van der Waals surface area contributed by atoms with Crippen molar-refractivity contribution in [3.8, 4) is 11.5 Å². The van der Waals surface area contributed by atoms with E-state index in [2.05, 4.69) is 4.98 Å². The summed E-state index contributed by atoms with van der Waals surface area (Å²) in [6.07, 6.45) is 0. The number of fused-ring (bicyclic) bond motifs is 1. The lowest BCUT2D eigenvalue weighted by Gasteiger charge is -1.96. The van der Waals surface area contributed by atoms with Crippen LogP contribution in [-0.4, -0.2) is 4.98 Å². The van der Waals surface area contributed by atoms with Crippen molar-refractivity contribution in [2.75, 3.05) is 0 Å². The summed E-state index contributed by atoms with van der Waals surface area (Å²) in [5.41, 5.74) is 2.61. The van der Waals surface area contributed by atoms with Gasteiger partial charge in [0.2, 0.25) is 5.89 Å². The molecular weight excluding hydrogens is 236 g/mol. The number of nitrogens with zero attached hydrogens (tertiary/aromatic N) is 1. The fraction of sp³-hybridized carbons (Fsp3) is 0.0714. The monoisotopic (exact) mass is 245 g/mol. The van der Waals surface area contributed by atoms with Crippen LogP contribution in [0, 0.1) is 18.6 Å². The maximum Gasteiger partial charge on any atom is 0.227 e.